The molecule has 0 amide bonds. The fraction of sp³-hybridized carbons (Fsp3) is 1.00. The van der Waals surface area contributed by atoms with Gasteiger partial charge in [-0.05, 0) is 42.6 Å². The number of hydrogen-bond acceptors (Lipinski definition) is 3. The number of nitrogens with one attached hydrogen (secondary N) is 1. The van der Waals surface area contributed by atoms with Crippen LogP contribution in [0.4, 0.5) is 0 Å². The Morgan fingerprint density at radius 2 is 2.27 bits per heavy atom. The van der Waals surface area contributed by atoms with Crippen molar-refractivity contribution in [2.45, 2.75) is 18.2 Å². The maximum Gasteiger partial charge on any atom is 0.0568 e. The fourth-order valence-electron chi connectivity index (χ4n) is 1.68. The lowest BCUT2D eigenvalue weighted by Crippen LogP contribution is -2.37. The van der Waals surface area contributed by atoms with Crippen LogP contribution in [0, 0.1) is 5.92 Å². The van der Waals surface area contributed by atoms with Crippen LogP contribution in [0.3, 0.4) is 0 Å². The van der Waals surface area contributed by atoms with Crippen molar-refractivity contribution in [3.05, 3.63) is 0 Å². The molecule has 1 N–H and O–H groups in total. The standard InChI is InChI=1S/C8H15NS2/c1-3-9-8(11-4-1)7-2-5-10-6-7/h7-9H,1-6H2. The Bertz CT molecular complexity index is 117. The molecule has 64 valence electrons. The van der Waals surface area contributed by atoms with E-state index in [0.717, 1.165) is 11.3 Å². The van der Waals surface area contributed by atoms with Gasteiger partial charge in [0.1, 0.15) is 0 Å². The van der Waals surface area contributed by atoms with E-state index in [1.54, 1.807) is 0 Å². The zero-order valence-corrected chi connectivity index (χ0v) is 8.35. The van der Waals surface area contributed by atoms with Crippen molar-refractivity contribution in [3.63, 3.8) is 0 Å². The van der Waals surface area contributed by atoms with Gasteiger partial charge in [0.15, 0.2) is 0 Å². The van der Waals surface area contributed by atoms with Gasteiger partial charge in [-0.1, -0.05) is 0 Å². The number of thioether (sulfide) groups is 2. The summed E-state index contributed by atoms with van der Waals surface area (Å²) in [6, 6.07) is 0. The van der Waals surface area contributed by atoms with E-state index in [1.165, 1.54) is 36.6 Å². The number of hydrogen-bond donors (Lipinski definition) is 1. The van der Waals surface area contributed by atoms with Gasteiger partial charge in [-0.2, -0.15) is 11.8 Å². The molecule has 1 nitrogen and oxygen atoms in total. The van der Waals surface area contributed by atoms with E-state index < -0.39 is 0 Å². The largest absolute Gasteiger partial charge is 0.305 e. The van der Waals surface area contributed by atoms with Crippen molar-refractivity contribution in [2.24, 2.45) is 5.92 Å². The summed E-state index contributed by atoms with van der Waals surface area (Å²) >= 11 is 4.26. The minimum Gasteiger partial charge on any atom is -0.305 e. The minimum atomic E-state index is 0.791. The Morgan fingerprint density at radius 3 is 2.91 bits per heavy atom. The Hall–Kier alpha value is 0.660. The SMILES string of the molecule is C1CNC(C2CCSC2)SC1. The second kappa shape index (κ2) is 4.06. The Morgan fingerprint density at radius 1 is 1.27 bits per heavy atom. The summed E-state index contributed by atoms with van der Waals surface area (Å²) in [5.74, 6) is 5.12. The van der Waals surface area contributed by atoms with Gasteiger partial charge in [0.25, 0.3) is 0 Å². The van der Waals surface area contributed by atoms with Crippen molar-refractivity contribution in [2.75, 3.05) is 23.8 Å². The molecule has 2 aliphatic rings. The average Bonchev–Trinajstić information content (AvgIpc) is 2.58. The third-order valence-corrected chi connectivity index (χ3v) is 4.98. The fourth-order valence-corrected chi connectivity index (χ4v) is 4.40. The minimum absolute atomic E-state index is 0.791. The van der Waals surface area contributed by atoms with Crippen LogP contribution in [0.2, 0.25) is 0 Å². The summed E-state index contributed by atoms with van der Waals surface area (Å²) in [5, 5.41) is 4.40. The molecule has 2 rings (SSSR count). The van der Waals surface area contributed by atoms with E-state index in [4.69, 9.17) is 0 Å². The molecule has 11 heavy (non-hydrogen) atoms. The van der Waals surface area contributed by atoms with Crippen LogP contribution in [0.1, 0.15) is 12.8 Å². The maximum atomic E-state index is 3.61. The van der Waals surface area contributed by atoms with E-state index >= 15 is 0 Å². The first-order chi connectivity index (χ1) is 5.47. The highest BCUT2D eigenvalue weighted by molar-refractivity contribution is 8.00. The van der Waals surface area contributed by atoms with Crippen LogP contribution in [0.15, 0.2) is 0 Å². The molecule has 2 atom stereocenters. The summed E-state index contributed by atoms with van der Waals surface area (Å²) in [6.45, 7) is 1.25. The zero-order valence-electron chi connectivity index (χ0n) is 6.71. The molecule has 0 saturated carbocycles. The molecule has 2 fully saturated rings. The summed E-state index contributed by atoms with van der Waals surface area (Å²) in [6.07, 6.45) is 2.80. The molecular formula is C8H15NS2. The molecule has 0 aliphatic carbocycles. The van der Waals surface area contributed by atoms with Crippen molar-refractivity contribution < 1.29 is 0 Å². The molecule has 0 aromatic heterocycles. The lowest BCUT2D eigenvalue weighted by atomic mass is 10.1. The third kappa shape index (κ3) is 2.07. The average molecular weight is 189 g/mol. The van der Waals surface area contributed by atoms with Crippen LogP contribution < -0.4 is 5.32 Å². The lowest BCUT2D eigenvalue weighted by molar-refractivity contribution is 0.477. The summed E-state index contributed by atoms with van der Waals surface area (Å²) in [7, 11) is 0. The van der Waals surface area contributed by atoms with Crippen LogP contribution in [0.25, 0.3) is 0 Å². The first-order valence-corrected chi connectivity index (χ1v) is 6.60. The van der Waals surface area contributed by atoms with Crippen molar-refractivity contribution in [3.8, 4) is 0 Å². The molecule has 2 heterocycles. The second-order valence-corrected chi connectivity index (χ2v) is 5.62. The van der Waals surface area contributed by atoms with Gasteiger partial charge in [0, 0.05) is 0 Å². The highest BCUT2D eigenvalue weighted by atomic mass is 32.2. The van der Waals surface area contributed by atoms with E-state index in [0.29, 0.717) is 0 Å². The molecule has 2 unspecified atom stereocenters. The molecule has 3 heteroatoms. The smallest absolute Gasteiger partial charge is 0.0568 e. The van der Waals surface area contributed by atoms with Gasteiger partial charge in [-0.3, -0.25) is 0 Å². The summed E-state index contributed by atoms with van der Waals surface area (Å²) in [5.41, 5.74) is 0. The predicted octanol–water partition coefficient (Wildman–Crippen LogP) is 1.79. The Labute approximate surface area is 77.1 Å². The van der Waals surface area contributed by atoms with Crippen molar-refractivity contribution >= 4 is 23.5 Å². The lowest BCUT2D eigenvalue weighted by Gasteiger charge is -2.27. The van der Waals surface area contributed by atoms with Gasteiger partial charge in [0.2, 0.25) is 0 Å². The van der Waals surface area contributed by atoms with Gasteiger partial charge >= 0.3 is 0 Å². The van der Waals surface area contributed by atoms with Gasteiger partial charge in [0.05, 0.1) is 5.37 Å². The molecule has 0 bridgehead atoms. The normalized spacial score (nSPS) is 39.3. The van der Waals surface area contributed by atoms with Crippen LogP contribution in [-0.2, 0) is 0 Å². The molecule has 0 spiro atoms. The van der Waals surface area contributed by atoms with Crippen molar-refractivity contribution in [1.29, 1.82) is 0 Å². The molecule has 2 aliphatic heterocycles. The van der Waals surface area contributed by atoms with E-state index in [2.05, 4.69) is 28.8 Å². The molecular weight excluding hydrogens is 174 g/mol. The highest BCUT2D eigenvalue weighted by Crippen LogP contribution is 2.32. The molecule has 2 saturated heterocycles. The van der Waals surface area contributed by atoms with E-state index in [1.807, 2.05) is 0 Å². The highest BCUT2D eigenvalue weighted by Gasteiger charge is 2.26. The van der Waals surface area contributed by atoms with Crippen molar-refractivity contribution in [1.82, 2.24) is 5.32 Å². The number of rotatable bonds is 1. The molecule has 0 aromatic carbocycles. The van der Waals surface area contributed by atoms with Gasteiger partial charge < -0.3 is 5.32 Å². The van der Waals surface area contributed by atoms with E-state index in [9.17, 15) is 0 Å². The zero-order chi connectivity index (χ0) is 7.52. The Kier molecular flexibility index (Phi) is 3.05. The summed E-state index contributed by atoms with van der Waals surface area (Å²) in [4.78, 5) is 0. The second-order valence-electron chi connectivity index (χ2n) is 3.22. The van der Waals surface area contributed by atoms with Gasteiger partial charge in [-0.15, -0.1) is 11.8 Å². The Balaban J connectivity index is 1.82. The summed E-state index contributed by atoms with van der Waals surface area (Å²) < 4.78 is 0. The molecule has 0 radical (unpaired) electrons. The quantitative estimate of drug-likeness (QED) is 0.675. The topological polar surface area (TPSA) is 12.0 Å². The van der Waals surface area contributed by atoms with E-state index in [-0.39, 0.29) is 0 Å². The first kappa shape index (κ1) is 8.27. The maximum absolute atomic E-state index is 3.61. The van der Waals surface area contributed by atoms with Gasteiger partial charge in [-0.25, -0.2) is 0 Å². The third-order valence-electron chi connectivity index (χ3n) is 2.36. The van der Waals surface area contributed by atoms with Crippen LogP contribution >= 0.6 is 23.5 Å². The molecule has 0 aromatic rings. The first-order valence-electron chi connectivity index (χ1n) is 4.39. The monoisotopic (exact) mass is 189 g/mol. The van der Waals surface area contributed by atoms with Crippen LogP contribution in [0.5, 0.6) is 0 Å². The van der Waals surface area contributed by atoms with Crippen LogP contribution in [-0.4, -0.2) is 29.2 Å². The predicted molar refractivity (Wildman–Crippen MR) is 54.3 cm³/mol.